The number of ether oxygens (including phenoxy) is 4. The van der Waals surface area contributed by atoms with Gasteiger partial charge in [0.1, 0.15) is 60.8 Å². The number of hydrogen-bond acceptors (Lipinski definition) is 23. The Morgan fingerprint density at radius 3 is 2.08 bits per heavy atom. The Labute approximate surface area is 370 Å². The fourth-order valence-corrected chi connectivity index (χ4v) is 9.66. The smallest absolute Gasteiger partial charge is 0.481 e. The molecule has 28 nitrogen and oxygen atoms in total. The first-order valence-corrected chi connectivity index (χ1v) is 24.2. The second-order valence-corrected chi connectivity index (χ2v) is 20.1. The number of nitrogens with one attached hydrogen (secondary N) is 1. The Morgan fingerprint density at radius 1 is 0.906 bits per heavy atom. The van der Waals surface area contributed by atoms with Crippen LogP contribution >= 0.6 is 13.4 Å². The maximum atomic E-state index is 13.4. The van der Waals surface area contributed by atoms with E-state index in [0.717, 1.165) is 6.33 Å². The standard InChI is InChI=1S/C32H42N12O16P2S2/c1-14(31(48)49)7-17(45)35-4-3-18(46)42(2)5-6-53-32(50)58-24-22-16(57-30(24)44-13-41-20-26(34)37-11-39-28(20)44)9-55-62(52,64)60-23-21(47)15(8-54-61(51,63)59-22)56-29(23)43-12-40-19-25(33)36-10-38-27(19)43/h10-16,21-24,29-30,47H,3-9H2,1-2H3,(H,35,45)(H,48,49)(H,51,63)(H,52,64)(H2,33,36,38)(H2,34,37,39)/t14?,15-,16-,21-,22-,23-,24-,29-,30-,61?,62?/m1/s1. The number of imidazole rings is 2. The molecule has 4 aromatic heterocycles. The third-order valence-corrected chi connectivity index (χ3v) is 13.2. The summed E-state index contributed by atoms with van der Waals surface area (Å²) in [6, 6.07) is 0. The van der Waals surface area contributed by atoms with Gasteiger partial charge in [0.2, 0.25) is 11.8 Å². The normalized spacial score (nSPS) is 30.1. The number of carbonyl (C=O) groups is 4. The van der Waals surface area contributed by atoms with Gasteiger partial charge in [-0.1, -0.05) is 6.92 Å². The van der Waals surface area contributed by atoms with Crippen LogP contribution in [0.4, 0.5) is 16.4 Å². The van der Waals surface area contributed by atoms with Gasteiger partial charge in [-0.25, -0.2) is 34.7 Å². The molecule has 3 aliphatic rings. The third kappa shape index (κ3) is 10.5. The number of amides is 2. The van der Waals surface area contributed by atoms with Crippen molar-refractivity contribution >= 4 is 95.0 Å². The summed E-state index contributed by atoms with van der Waals surface area (Å²) in [6.07, 6.45) is -8.34. The van der Waals surface area contributed by atoms with Gasteiger partial charge in [0, 0.05) is 26.4 Å². The number of hydrogen-bond donors (Lipinski definition) is 7. The van der Waals surface area contributed by atoms with E-state index in [-0.39, 0.29) is 66.5 Å². The fourth-order valence-electron chi connectivity index (χ4n) is 6.80. The number of carbonyl (C=O) groups excluding carboxylic acids is 3. The molecule has 0 radical (unpaired) electrons. The Hall–Kier alpha value is -4.68. The van der Waals surface area contributed by atoms with Gasteiger partial charge in [-0.3, -0.25) is 32.6 Å². The van der Waals surface area contributed by atoms with Crippen molar-refractivity contribution in [2.24, 2.45) is 5.92 Å². The number of aliphatic hydroxyl groups is 1. The zero-order chi connectivity index (χ0) is 46.1. The summed E-state index contributed by atoms with van der Waals surface area (Å²) in [7, 11) is 1.43. The first-order valence-electron chi connectivity index (χ1n) is 19.1. The number of nitrogens with zero attached hydrogens (tertiary/aromatic N) is 9. The molecule has 348 valence electrons. The summed E-state index contributed by atoms with van der Waals surface area (Å²) in [6.45, 7) is -9.24. The number of anilines is 2. The number of aliphatic hydroxyl groups excluding tert-OH is 1. The van der Waals surface area contributed by atoms with E-state index in [1.54, 1.807) is 0 Å². The molecule has 0 spiro atoms. The van der Waals surface area contributed by atoms with Crippen LogP contribution in [-0.2, 0) is 75.0 Å². The Balaban J connectivity index is 1.08. The molecule has 3 unspecified atom stereocenters. The van der Waals surface area contributed by atoms with Crippen LogP contribution in [0.5, 0.6) is 0 Å². The van der Waals surface area contributed by atoms with Crippen molar-refractivity contribution in [2.75, 3.05) is 51.4 Å². The predicted octanol–water partition coefficient (Wildman–Crippen LogP) is -1.17. The van der Waals surface area contributed by atoms with Gasteiger partial charge in [0.25, 0.3) is 0 Å². The molecule has 0 aromatic carbocycles. The van der Waals surface area contributed by atoms with Crippen LogP contribution in [0.15, 0.2) is 25.3 Å². The van der Waals surface area contributed by atoms with Crippen LogP contribution in [0.25, 0.3) is 22.3 Å². The van der Waals surface area contributed by atoms with Crippen LogP contribution < -0.4 is 16.8 Å². The summed E-state index contributed by atoms with van der Waals surface area (Å²) in [4.78, 5) is 98.0. The minimum absolute atomic E-state index is 0.00363. The van der Waals surface area contributed by atoms with Crippen LogP contribution in [0, 0.1) is 5.92 Å². The largest absolute Gasteiger partial charge is 0.508 e. The van der Waals surface area contributed by atoms with Crippen molar-refractivity contribution in [3.8, 4) is 0 Å². The highest BCUT2D eigenvalue weighted by Gasteiger charge is 2.54. The number of rotatable bonds is 12. The zero-order valence-corrected chi connectivity index (χ0v) is 37.0. The average molecular weight is 977 g/mol. The van der Waals surface area contributed by atoms with E-state index < -0.39 is 106 Å². The van der Waals surface area contributed by atoms with Gasteiger partial charge < -0.3 is 69.7 Å². The van der Waals surface area contributed by atoms with Gasteiger partial charge in [0.05, 0.1) is 38.3 Å². The number of aromatic nitrogens is 8. The fraction of sp³-hybridized carbons (Fsp3) is 0.562. The number of carboxylic acids is 1. The number of fused-ring (bicyclic) bond motifs is 5. The van der Waals surface area contributed by atoms with Gasteiger partial charge in [-0.2, -0.15) is 0 Å². The van der Waals surface area contributed by atoms with E-state index in [2.05, 4.69) is 35.2 Å². The Bertz CT molecular complexity index is 2500. The van der Waals surface area contributed by atoms with E-state index >= 15 is 0 Å². The second kappa shape index (κ2) is 19.4. The number of nitrogen functional groups attached to an aromatic ring is 2. The van der Waals surface area contributed by atoms with E-state index in [1.165, 1.54) is 47.0 Å². The van der Waals surface area contributed by atoms with Crippen LogP contribution in [-0.4, -0.2) is 164 Å². The molecule has 3 saturated heterocycles. The molecule has 7 heterocycles. The molecular weight excluding hydrogens is 935 g/mol. The molecule has 2 bridgehead atoms. The molecule has 32 heteroatoms. The number of nitrogens with two attached hydrogens (primary N) is 2. The minimum Gasteiger partial charge on any atom is -0.481 e. The molecule has 3 fully saturated rings. The van der Waals surface area contributed by atoms with Crippen molar-refractivity contribution in [1.29, 1.82) is 0 Å². The van der Waals surface area contributed by atoms with Crippen molar-refractivity contribution < 1.29 is 76.2 Å². The van der Waals surface area contributed by atoms with Gasteiger partial charge >= 0.3 is 25.6 Å². The molecule has 0 saturated carbocycles. The summed E-state index contributed by atoms with van der Waals surface area (Å²) in [5, 5.41) is 22.9. The maximum absolute atomic E-state index is 13.4. The maximum Gasteiger partial charge on any atom is 0.508 e. The molecule has 9 N–H and O–H groups in total. The summed E-state index contributed by atoms with van der Waals surface area (Å²) in [5.74, 6) is -2.94. The molecular formula is C32H42N12O16P2S2. The van der Waals surface area contributed by atoms with E-state index in [9.17, 15) is 34.1 Å². The molecule has 64 heavy (non-hydrogen) atoms. The lowest BCUT2D eigenvalue weighted by Crippen LogP contribution is -2.40. The molecule has 0 aliphatic carbocycles. The van der Waals surface area contributed by atoms with Gasteiger partial charge in [0.15, 0.2) is 41.5 Å². The summed E-state index contributed by atoms with van der Waals surface area (Å²) >= 11 is 10.8. The van der Waals surface area contributed by atoms with E-state index in [0.29, 0.717) is 0 Å². The van der Waals surface area contributed by atoms with Gasteiger partial charge in [-0.15, -0.1) is 0 Å². The highest BCUT2D eigenvalue weighted by atomic mass is 32.5. The predicted molar refractivity (Wildman–Crippen MR) is 221 cm³/mol. The Morgan fingerprint density at radius 2 is 1.47 bits per heavy atom. The number of aliphatic carboxylic acids is 1. The highest BCUT2D eigenvalue weighted by Crippen LogP contribution is 2.54. The van der Waals surface area contributed by atoms with Crippen molar-refractivity contribution in [3.05, 3.63) is 25.3 Å². The third-order valence-electron chi connectivity index (χ3n) is 10.1. The van der Waals surface area contributed by atoms with Crippen LogP contribution in [0.2, 0.25) is 0 Å². The van der Waals surface area contributed by atoms with Crippen molar-refractivity contribution in [1.82, 2.24) is 49.3 Å². The lowest BCUT2D eigenvalue weighted by molar-refractivity contribution is -0.143. The number of likely N-dealkylation sites (N-methyl/N-ethyl adjacent to an activating group) is 1. The first kappa shape index (κ1) is 47.3. The van der Waals surface area contributed by atoms with E-state index in [1.807, 2.05) is 0 Å². The molecule has 7 rings (SSSR count). The zero-order valence-electron chi connectivity index (χ0n) is 33.5. The van der Waals surface area contributed by atoms with E-state index in [4.69, 9.17) is 77.2 Å². The lowest BCUT2D eigenvalue weighted by atomic mass is 10.1. The minimum atomic E-state index is -4.42. The second-order valence-electron chi connectivity index (χ2n) is 14.5. The molecule has 4 aromatic rings. The highest BCUT2D eigenvalue weighted by molar-refractivity contribution is 8.07. The van der Waals surface area contributed by atoms with Crippen LogP contribution in [0.1, 0.15) is 32.2 Å². The SMILES string of the molecule is CC(CC(=O)NCCC(=O)N(C)CCOC(=O)O[C@@H]1[C@@H]2OP(O)(=S)OC[C@H]3O[C@@H](n4cnc5c(N)ncnc54)[C@H](OP(O)(=S)OC[C@H]2O[C@H]1n1cnc2c(N)ncnc21)[C@@H]3O)C(=O)O. The summed E-state index contributed by atoms with van der Waals surface area (Å²) in [5.41, 5.74) is 12.6. The van der Waals surface area contributed by atoms with Crippen molar-refractivity contribution in [3.63, 3.8) is 0 Å². The van der Waals surface area contributed by atoms with Crippen LogP contribution in [0.3, 0.4) is 0 Å². The van der Waals surface area contributed by atoms with Gasteiger partial charge in [-0.05, 0) is 23.6 Å². The molecule has 3 aliphatic heterocycles. The quantitative estimate of drug-likeness (QED) is 0.0650. The average Bonchev–Trinajstić information content (AvgIpc) is 4.01. The Kier molecular flexibility index (Phi) is 14.4. The first-order chi connectivity index (χ1) is 30.3. The topological polar surface area (TPSA) is 378 Å². The summed E-state index contributed by atoms with van der Waals surface area (Å²) < 4.78 is 49.4. The number of carboxylic acid groups (broad SMARTS) is 1. The molecule has 11 atom stereocenters. The lowest BCUT2D eigenvalue weighted by Gasteiger charge is -2.29. The van der Waals surface area contributed by atoms with Crippen molar-refractivity contribution in [2.45, 2.75) is 68.8 Å². The molecule has 2 amide bonds. The monoisotopic (exact) mass is 976 g/mol.